The first kappa shape index (κ1) is 13.9. The Morgan fingerprint density at radius 2 is 1.67 bits per heavy atom. The number of hydrogen-bond acceptors (Lipinski definition) is 1. The molecule has 0 aromatic heterocycles. The Hall–Kier alpha value is -0.670. The predicted octanol–water partition coefficient (Wildman–Crippen LogP) is 2.54. The van der Waals surface area contributed by atoms with Gasteiger partial charge in [-0.2, -0.15) is 13.5 Å². The van der Waals surface area contributed by atoms with Crippen molar-refractivity contribution in [3.8, 4) is 0 Å². The molecule has 0 saturated heterocycles. The molecule has 1 aromatic rings. The fourth-order valence-corrected chi connectivity index (χ4v) is 0.560. The second-order valence-corrected chi connectivity index (χ2v) is 2.25. The molecular formula is C8H11ClO2S. The van der Waals surface area contributed by atoms with Crippen LogP contribution < -0.4 is 0 Å². The van der Waals surface area contributed by atoms with Crippen molar-refractivity contribution in [1.82, 2.24) is 0 Å². The summed E-state index contributed by atoms with van der Waals surface area (Å²) in [5.74, 6) is -0.833. The minimum Gasteiger partial charge on any atom is -0.481 e. The molecule has 0 aliphatic rings. The third-order valence-corrected chi connectivity index (χ3v) is 0.985. The first-order valence-corrected chi connectivity index (χ1v) is 3.41. The molecule has 0 fully saturated rings. The normalized spacial score (nSPS) is 7.17. The molecule has 0 radical (unpaired) electrons. The number of carbonyl (C=O) groups is 1. The average molecular weight is 207 g/mol. The Labute approximate surface area is 83.6 Å². The maximum Gasteiger partial charge on any atom is 0.300 e. The summed E-state index contributed by atoms with van der Waals surface area (Å²) >= 11 is 5.54. The van der Waals surface area contributed by atoms with Crippen molar-refractivity contribution in [2.75, 3.05) is 0 Å². The Kier molecular flexibility index (Phi) is 9.75. The summed E-state index contributed by atoms with van der Waals surface area (Å²) in [5.41, 5.74) is 0. The van der Waals surface area contributed by atoms with E-state index < -0.39 is 5.97 Å². The second kappa shape index (κ2) is 8.43. The highest BCUT2D eigenvalue weighted by atomic mass is 35.5. The SMILES string of the molecule is CC(=O)O.Clc1ccccc1.S. The van der Waals surface area contributed by atoms with E-state index in [1.165, 1.54) is 0 Å². The fourth-order valence-electron chi connectivity index (χ4n) is 0.415. The molecule has 12 heavy (non-hydrogen) atoms. The largest absolute Gasteiger partial charge is 0.481 e. The third kappa shape index (κ3) is 12.0. The van der Waals surface area contributed by atoms with E-state index in [2.05, 4.69) is 0 Å². The number of carboxylic acid groups (broad SMARTS) is 1. The molecule has 0 unspecified atom stereocenters. The molecule has 0 heterocycles. The summed E-state index contributed by atoms with van der Waals surface area (Å²) in [4.78, 5) is 9.00. The third-order valence-electron chi connectivity index (χ3n) is 0.733. The standard InChI is InChI=1S/C6H5Cl.C2H4O2.H2S/c7-6-4-2-1-3-5-6;1-2(3)4;/h1-5H;1H3,(H,3,4);1H2. The summed E-state index contributed by atoms with van der Waals surface area (Å²) in [5, 5.41) is 8.21. The molecular weight excluding hydrogens is 196 g/mol. The Bertz CT molecular complexity index is 210. The van der Waals surface area contributed by atoms with Crippen molar-refractivity contribution in [2.24, 2.45) is 0 Å². The van der Waals surface area contributed by atoms with Crippen molar-refractivity contribution in [2.45, 2.75) is 6.92 Å². The van der Waals surface area contributed by atoms with E-state index in [1.807, 2.05) is 30.3 Å². The summed E-state index contributed by atoms with van der Waals surface area (Å²) in [6, 6.07) is 9.44. The first-order chi connectivity index (χ1) is 5.13. The maximum atomic E-state index is 9.00. The summed E-state index contributed by atoms with van der Waals surface area (Å²) in [6.07, 6.45) is 0. The zero-order chi connectivity index (χ0) is 8.69. The molecule has 1 aromatic carbocycles. The van der Waals surface area contributed by atoms with Gasteiger partial charge in [0.05, 0.1) is 0 Å². The Balaban J connectivity index is 0. The van der Waals surface area contributed by atoms with E-state index in [0.717, 1.165) is 11.9 Å². The van der Waals surface area contributed by atoms with Gasteiger partial charge in [-0.15, -0.1) is 0 Å². The van der Waals surface area contributed by atoms with Crippen molar-refractivity contribution >= 4 is 31.1 Å². The molecule has 68 valence electrons. The number of hydrogen-bond donors (Lipinski definition) is 1. The first-order valence-electron chi connectivity index (χ1n) is 3.03. The minimum atomic E-state index is -0.833. The van der Waals surface area contributed by atoms with Crippen molar-refractivity contribution in [3.05, 3.63) is 35.4 Å². The van der Waals surface area contributed by atoms with Crippen LogP contribution >= 0.6 is 25.1 Å². The van der Waals surface area contributed by atoms with Crippen LogP contribution in [0.15, 0.2) is 30.3 Å². The van der Waals surface area contributed by atoms with Gasteiger partial charge in [0, 0.05) is 11.9 Å². The van der Waals surface area contributed by atoms with E-state index in [0.29, 0.717) is 0 Å². The highest BCUT2D eigenvalue weighted by molar-refractivity contribution is 7.59. The van der Waals surface area contributed by atoms with Gasteiger partial charge in [-0.1, -0.05) is 29.8 Å². The van der Waals surface area contributed by atoms with E-state index in [1.54, 1.807) is 0 Å². The molecule has 0 saturated carbocycles. The fraction of sp³-hybridized carbons (Fsp3) is 0.125. The van der Waals surface area contributed by atoms with Gasteiger partial charge < -0.3 is 5.11 Å². The van der Waals surface area contributed by atoms with Crippen molar-refractivity contribution in [1.29, 1.82) is 0 Å². The van der Waals surface area contributed by atoms with Gasteiger partial charge in [-0.25, -0.2) is 0 Å². The summed E-state index contributed by atoms with van der Waals surface area (Å²) in [7, 11) is 0. The van der Waals surface area contributed by atoms with Crippen molar-refractivity contribution < 1.29 is 9.90 Å². The number of halogens is 1. The minimum absolute atomic E-state index is 0. The Morgan fingerprint density at radius 1 is 1.33 bits per heavy atom. The van der Waals surface area contributed by atoms with E-state index in [-0.39, 0.29) is 13.5 Å². The lowest BCUT2D eigenvalue weighted by atomic mass is 10.4. The van der Waals surface area contributed by atoms with Crippen LogP contribution in [0.5, 0.6) is 0 Å². The van der Waals surface area contributed by atoms with Crippen LogP contribution in [-0.4, -0.2) is 11.1 Å². The van der Waals surface area contributed by atoms with Crippen LogP contribution in [0.1, 0.15) is 6.92 Å². The van der Waals surface area contributed by atoms with Crippen LogP contribution in [0.4, 0.5) is 0 Å². The smallest absolute Gasteiger partial charge is 0.300 e. The molecule has 4 heteroatoms. The van der Waals surface area contributed by atoms with Gasteiger partial charge in [0.2, 0.25) is 0 Å². The lowest BCUT2D eigenvalue weighted by molar-refractivity contribution is -0.134. The number of aliphatic carboxylic acids is 1. The number of carboxylic acids is 1. The maximum absolute atomic E-state index is 9.00. The molecule has 0 amide bonds. The lowest BCUT2D eigenvalue weighted by Crippen LogP contribution is -1.78. The lowest BCUT2D eigenvalue weighted by Gasteiger charge is -1.80. The van der Waals surface area contributed by atoms with Crippen molar-refractivity contribution in [3.63, 3.8) is 0 Å². The van der Waals surface area contributed by atoms with Crippen LogP contribution in [0.25, 0.3) is 0 Å². The van der Waals surface area contributed by atoms with Gasteiger partial charge >= 0.3 is 0 Å². The van der Waals surface area contributed by atoms with Crippen LogP contribution in [0.2, 0.25) is 5.02 Å². The van der Waals surface area contributed by atoms with Gasteiger partial charge in [-0.3, -0.25) is 4.79 Å². The molecule has 2 nitrogen and oxygen atoms in total. The van der Waals surface area contributed by atoms with Gasteiger partial charge in [0.25, 0.3) is 5.97 Å². The molecule has 0 spiro atoms. The van der Waals surface area contributed by atoms with E-state index >= 15 is 0 Å². The average Bonchev–Trinajstić information content (AvgIpc) is 1.87. The number of benzene rings is 1. The summed E-state index contributed by atoms with van der Waals surface area (Å²) < 4.78 is 0. The highest BCUT2D eigenvalue weighted by Crippen LogP contribution is 2.03. The van der Waals surface area contributed by atoms with Crippen LogP contribution in [-0.2, 0) is 4.79 Å². The monoisotopic (exact) mass is 206 g/mol. The zero-order valence-electron chi connectivity index (χ0n) is 6.62. The van der Waals surface area contributed by atoms with E-state index in [4.69, 9.17) is 21.5 Å². The molecule has 0 atom stereocenters. The Morgan fingerprint density at radius 3 is 1.83 bits per heavy atom. The predicted molar refractivity (Wildman–Crippen MR) is 55.1 cm³/mol. The molecule has 1 N–H and O–H groups in total. The van der Waals surface area contributed by atoms with Crippen LogP contribution in [0, 0.1) is 0 Å². The highest BCUT2D eigenvalue weighted by Gasteiger charge is 1.74. The second-order valence-electron chi connectivity index (χ2n) is 1.81. The van der Waals surface area contributed by atoms with Gasteiger partial charge in [-0.05, 0) is 12.1 Å². The van der Waals surface area contributed by atoms with Crippen LogP contribution in [0.3, 0.4) is 0 Å². The number of rotatable bonds is 0. The van der Waals surface area contributed by atoms with E-state index in [9.17, 15) is 0 Å². The molecule has 0 aliphatic heterocycles. The van der Waals surface area contributed by atoms with Gasteiger partial charge in [0.15, 0.2) is 0 Å². The molecule has 0 aliphatic carbocycles. The molecule has 1 rings (SSSR count). The topological polar surface area (TPSA) is 37.3 Å². The zero-order valence-corrected chi connectivity index (χ0v) is 8.38. The molecule has 0 bridgehead atoms. The summed E-state index contributed by atoms with van der Waals surface area (Å²) in [6.45, 7) is 1.08. The van der Waals surface area contributed by atoms with Gasteiger partial charge in [0.1, 0.15) is 0 Å². The quantitative estimate of drug-likeness (QED) is 0.709.